The molecule has 0 radical (unpaired) electrons. The Bertz CT molecular complexity index is 3090. The molecule has 0 saturated heterocycles. The maximum atomic E-state index is 5.05. The predicted octanol–water partition coefficient (Wildman–Crippen LogP) is 13.4. The summed E-state index contributed by atoms with van der Waals surface area (Å²) in [4.78, 5) is 21.9. The van der Waals surface area contributed by atoms with Crippen molar-refractivity contribution in [3.05, 3.63) is 215 Å². The fourth-order valence-corrected chi connectivity index (χ4v) is 10.6. The van der Waals surface area contributed by atoms with Crippen molar-refractivity contribution in [3.8, 4) is 67.3 Å². The molecule has 0 N–H and O–H groups in total. The van der Waals surface area contributed by atoms with Crippen LogP contribution in [0.15, 0.2) is 186 Å². The smallest absolute Gasteiger partial charge is 0.163 e. The highest BCUT2D eigenvalue weighted by Gasteiger charge is 2.50. The van der Waals surface area contributed by atoms with Gasteiger partial charge in [-0.25, -0.2) is 15.0 Å². The van der Waals surface area contributed by atoms with Crippen LogP contribution >= 0.6 is 11.8 Å². The highest BCUT2D eigenvalue weighted by atomic mass is 32.2. The minimum Gasteiger partial charge on any atom is -0.258 e. The van der Waals surface area contributed by atoms with Crippen LogP contribution in [0.3, 0.4) is 0 Å². The van der Waals surface area contributed by atoms with Gasteiger partial charge in [-0.1, -0.05) is 157 Å². The van der Waals surface area contributed by atoms with Crippen LogP contribution < -0.4 is 0 Å². The van der Waals surface area contributed by atoms with Gasteiger partial charge in [-0.3, -0.25) is 4.98 Å². The first kappa shape index (κ1) is 35.2. The highest BCUT2D eigenvalue weighted by Crippen LogP contribution is 2.62. The summed E-state index contributed by atoms with van der Waals surface area (Å²) in [5.41, 5.74) is 18.2. The van der Waals surface area contributed by atoms with Crippen LogP contribution in [-0.4, -0.2) is 19.9 Å². The Balaban J connectivity index is 1.09. The van der Waals surface area contributed by atoms with Crippen molar-refractivity contribution in [3.63, 3.8) is 0 Å². The molecule has 0 fully saturated rings. The number of aryl methyl sites for hydroxylation is 3. The van der Waals surface area contributed by atoms with E-state index in [1.807, 2.05) is 55.9 Å². The van der Waals surface area contributed by atoms with Crippen LogP contribution in [0, 0.1) is 20.8 Å². The summed E-state index contributed by atoms with van der Waals surface area (Å²) in [5.74, 6) is 2.05. The SMILES string of the molecule is Cc1ccc(-c2cccc(-c3ccccc3-c3ccc4c(c3)Sc3ccc(-c5nc(C)nc(-c6ccccc6)n5)cc3C43c4ccccc4-c4ccccc43)c2)c(C)n1. The lowest BCUT2D eigenvalue weighted by Crippen LogP contribution is -2.32. The summed E-state index contributed by atoms with van der Waals surface area (Å²) in [6.45, 7) is 6.08. The molecule has 280 valence electrons. The molecule has 9 aromatic rings. The Morgan fingerprint density at radius 2 is 0.932 bits per heavy atom. The Labute approximate surface area is 348 Å². The number of hydrogen-bond donors (Lipinski definition) is 0. The highest BCUT2D eigenvalue weighted by molar-refractivity contribution is 7.99. The molecule has 7 aromatic carbocycles. The van der Waals surface area contributed by atoms with E-state index >= 15 is 0 Å². The van der Waals surface area contributed by atoms with E-state index in [4.69, 9.17) is 19.9 Å². The van der Waals surface area contributed by atoms with Crippen molar-refractivity contribution >= 4 is 11.8 Å². The number of benzene rings is 7. The molecule has 4 nitrogen and oxygen atoms in total. The second kappa shape index (κ2) is 13.9. The van der Waals surface area contributed by atoms with E-state index < -0.39 is 5.41 Å². The summed E-state index contributed by atoms with van der Waals surface area (Å²) in [6.07, 6.45) is 0. The normalized spacial score (nSPS) is 13.1. The van der Waals surface area contributed by atoms with Gasteiger partial charge in [0.15, 0.2) is 11.6 Å². The van der Waals surface area contributed by atoms with Crippen molar-refractivity contribution < 1.29 is 0 Å². The topological polar surface area (TPSA) is 51.6 Å². The Kier molecular flexibility index (Phi) is 8.28. The van der Waals surface area contributed by atoms with Gasteiger partial charge >= 0.3 is 0 Å². The van der Waals surface area contributed by atoms with Crippen LogP contribution in [0.1, 0.15) is 39.5 Å². The number of fused-ring (bicyclic) bond motifs is 9. The summed E-state index contributed by atoms with van der Waals surface area (Å²) < 4.78 is 0. The standard InChI is InChI=1S/C54H38N4S/c1-33-24-27-41(34(2)55-33)37-16-13-17-38(30-37)42-18-7-8-19-43(42)39-25-28-48-51(32-39)59-50-29-26-40(53-57-35(3)56-52(58-53)36-14-5-4-6-15-36)31-49(50)54(48)46-22-11-9-20-44(46)45-21-10-12-23-47(45)54/h4-32H,1-3H3. The molecule has 2 aromatic heterocycles. The number of aromatic nitrogens is 4. The summed E-state index contributed by atoms with van der Waals surface area (Å²) >= 11 is 1.85. The van der Waals surface area contributed by atoms with Gasteiger partial charge in [0, 0.05) is 37.9 Å². The van der Waals surface area contributed by atoms with E-state index in [0.717, 1.165) is 28.1 Å². The van der Waals surface area contributed by atoms with E-state index in [9.17, 15) is 0 Å². The van der Waals surface area contributed by atoms with E-state index in [1.165, 1.54) is 71.0 Å². The van der Waals surface area contributed by atoms with Gasteiger partial charge in [0.05, 0.1) is 5.41 Å². The molecule has 1 aliphatic carbocycles. The zero-order chi connectivity index (χ0) is 39.7. The lowest BCUT2D eigenvalue weighted by Gasteiger charge is -2.40. The largest absolute Gasteiger partial charge is 0.258 e. The van der Waals surface area contributed by atoms with E-state index in [1.54, 1.807) is 0 Å². The van der Waals surface area contributed by atoms with Crippen molar-refractivity contribution in [2.75, 3.05) is 0 Å². The Morgan fingerprint density at radius 1 is 0.356 bits per heavy atom. The number of hydrogen-bond acceptors (Lipinski definition) is 5. The third kappa shape index (κ3) is 5.68. The second-order valence-corrected chi connectivity index (χ2v) is 16.6. The number of rotatable bonds is 5. The molecule has 0 atom stereocenters. The monoisotopic (exact) mass is 774 g/mol. The second-order valence-electron chi connectivity index (χ2n) is 15.5. The van der Waals surface area contributed by atoms with Crippen LogP contribution in [-0.2, 0) is 5.41 Å². The van der Waals surface area contributed by atoms with Crippen LogP contribution in [0.2, 0.25) is 0 Å². The molecule has 0 saturated carbocycles. The quantitative estimate of drug-likeness (QED) is 0.174. The first-order chi connectivity index (χ1) is 29.0. The van der Waals surface area contributed by atoms with E-state index in [-0.39, 0.29) is 0 Å². The molecular formula is C54H38N4S. The first-order valence-corrected chi connectivity index (χ1v) is 20.9. The minimum absolute atomic E-state index is 0.546. The van der Waals surface area contributed by atoms with Gasteiger partial charge in [-0.2, -0.15) is 0 Å². The lowest BCUT2D eigenvalue weighted by molar-refractivity contribution is 0.722. The first-order valence-electron chi connectivity index (χ1n) is 20.0. The fourth-order valence-electron chi connectivity index (χ4n) is 9.37. The molecule has 3 heterocycles. The van der Waals surface area contributed by atoms with E-state index in [2.05, 4.69) is 153 Å². The number of nitrogens with zero attached hydrogens (tertiary/aromatic N) is 4. The fraction of sp³-hybridized carbons (Fsp3) is 0.0741. The predicted molar refractivity (Wildman–Crippen MR) is 240 cm³/mol. The molecule has 1 spiro atoms. The van der Waals surface area contributed by atoms with Gasteiger partial charge in [-0.15, -0.1) is 0 Å². The van der Waals surface area contributed by atoms with Gasteiger partial charge in [-0.05, 0) is 112 Å². The Hall–Kier alpha value is -6.95. The molecule has 1 aliphatic heterocycles. The maximum Gasteiger partial charge on any atom is 0.163 e. The summed E-state index contributed by atoms with van der Waals surface area (Å²) in [6, 6.07) is 63.9. The summed E-state index contributed by atoms with van der Waals surface area (Å²) in [5, 5.41) is 0. The minimum atomic E-state index is -0.546. The zero-order valence-electron chi connectivity index (χ0n) is 32.9. The summed E-state index contributed by atoms with van der Waals surface area (Å²) in [7, 11) is 0. The third-order valence-electron chi connectivity index (χ3n) is 11.9. The van der Waals surface area contributed by atoms with Crippen molar-refractivity contribution in [2.24, 2.45) is 0 Å². The maximum absolute atomic E-state index is 5.05. The molecule has 0 unspecified atom stereocenters. The molecule has 2 aliphatic rings. The van der Waals surface area contributed by atoms with Gasteiger partial charge in [0.2, 0.25) is 0 Å². The zero-order valence-corrected chi connectivity index (χ0v) is 33.8. The van der Waals surface area contributed by atoms with Crippen LogP contribution in [0.4, 0.5) is 0 Å². The van der Waals surface area contributed by atoms with Crippen molar-refractivity contribution in [1.82, 2.24) is 19.9 Å². The van der Waals surface area contributed by atoms with Crippen molar-refractivity contribution in [1.29, 1.82) is 0 Å². The van der Waals surface area contributed by atoms with Gasteiger partial charge in [0.1, 0.15) is 5.82 Å². The molecule has 0 bridgehead atoms. The molecular weight excluding hydrogens is 737 g/mol. The average Bonchev–Trinajstić information content (AvgIpc) is 3.57. The average molecular weight is 775 g/mol. The number of pyridine rings is 1. The van der Waals surface area contributed by atoms with Crippen LogP contribution in [0.25, 0.3) is 67.3 Å². The molecule has 0 amide bonds. The molecule has 11 rings (SSSR count). The lowest BCUT2D eigenvalue weighted by atomic mass is 9.67. The third-order valence-corrected chi connectivity index (χ3v) is 13.1. The van der Waals surface area contributed by atoms with Crippen molar-refractivity contribution in [2.45, 2.75) is 36.0 Å². The van der Waals surface area contributed by atoms with Gasteiger partial charge in [0.25, 0.3) is 0 Å². The van der Waals surface area contributed by atoms with E-state index in [0.29, 0.717) is 17.5 Å². The Morgan fingerprint density at radius 3 is 1.63 bits per heavy atom. The van der Waals surface area contributed by atoms with Gasteiger partial charge < -0.3 is 0 Å². The van der Waals surface area contributed by atoms with Crippen LogP contribution in [0.5, 0.6) is 0 Å². The molecule has 59 heavy (non-hydrogen) atoms. The molecule has 5 heteroatoms.